The van der Waals surface area contributed by atoms with Gasteiger partial charge in [0.25, 0.3) is 0 Å². The van der Waals surface area contributed by atoms with E-state index in [-0.39, 0.29) is 18.3 Å². The van der Waals surface area contributed by atoms with Crippen LogP contribution in [0.15, 0.2) is 53.9 Å². The van der Waals surface area contributed by atoms with E-state index in [1.54, 1.807) is 0 Å². The van der Waals surface area contributed by atoms with E-state index in [9.17, 15) is 4.79 Å². The van der Waals surface area contributed by atoms with Gasteiger partial charge in [-0.2, -0.15) is 0 Å². The lowest BCUT2D eigenvalue weighted by Gasteiger charge is -2.05. The second-order valence-corrected chi connectivity index (χ2v) is 6.39. The summed E-state index contributed by atoms with van der Waals surface area (Å²) >= 11 is 1.44. The normalized spacial score (nSPS) is 10.3. The maximum absolute atomic E-state index is 11.2. The summed E-state index contributed by atoms with van der Waals surface area (Å²) in [6.07, 6.45) is 0. The summed E-state index contributed by atoms with van der Waals surface area (Å²) in [5, 5.41) is 13.0. The summed E-state index contributed by atoms with van der Waals surface area (Å²) in [5.74, 6) is -0.270. The van der Waals surface area contributed by atoms with Crippen LogP contribution in [0.3, 0.4) is 0 Å². The van der Waals surface area contributed by atoms with Crippen LogP contribution in [0.1, 0.15) is 5.56 Å². The zero-order valence-corrected chi connectivity index (χ0v) is 15.0. The minimum Gasteiger partial charge on any atom is -0.468 e. The number of ether oxygens (including phenoxy) is 1. The zero-order valence-electron chi connectivity index (χ0n) is 14.2. The quantitative estimate of drug-likeness (QED) is 0.353. The lowest BCUT2D eigenvalue weighted by Crippen LogP contribution is -2.14. The predicted octanol–water partition coefficient (Wildman–Crippen LogP) is 3.35. The third-order valence-corrected chi connectivity index (χ3v) is 4.63. The van der Waals surface area contributed by atoms with E-state index in [0.29, 0.717) is 10.7 Å². The minimum absolute atomic E-state index is 0.0621. The first-order chi connectivity index (χ1) is 12.6. The van der Waals surface area contributed by atoms with Gasteiger partial charge in [-0.1, -0.05) is 48.5 Å². The van der Waals surface area contributed by atoms with Gasteiger partial charge in [-0.25, -0.2) is 4.98 Å². The van der Waals surface area contributed by atoms with Crippen molar-refractivity contribution in [3.05, 3.63) is 59.5 Å². The number of carbonyl (C=O) groups is 1. The maximum Gasteiger partial charge on any atom is 0.325 e. The van der Waals surface area contributed by atoms with E-state index in [4.69, 9.17) is 11.1 Å². The number of esters is 1. The van der Waals surface area contributed by atoms with Gasteiger partial charge in [-0.15, -0.1) is 11.3 Å². The number of anilines is 1. The van der Waals surface area contributed by atoms with Crippen molar-refractivity contribution in [2.24, 2.45) is 5.73 Å². The second-order valence-electron chi connectivity index (χ2n) is 5.54. The molecule has 132 valence electrons. The molecule has 3 rings (SSSR count). The molecule has 0 atom stereocenters. The molecule has 0 spiro atoms. The zero-order chi connectivity index (χ0) is 18.5. The van der Waals surface area contributed by atoms with Gasteiger partial charge in [0.05, 0.1) is 12.8 Å². The molecule has 0 saturated carbocycles. The van der Waals surface area contributed by atoms with Crippen LogP contribution in [0.5, 0.6) is 0 Å². The molecule has 0 bridgehead atoms. The average Bonchev–Trinajstić information content (AvgIpc) is 3.15. The van der Waals surface area contributed by atoms with E-state index >= 15 is 0 Å². The number of hydrogen-bond acceptors (Lipinski definition) is 6. The Kier molecular flexibility index (Phi) is 5.28. The number of rotatable bonds is 6. The molecule has 1 aromatic heterocycles. The van der Waals surface area contributed by atoms with Crippen molar-refractivity contribution in [2.45, 2.75) is 0 Å². The van der Waals surface area contributed by atoms with Crippen LogP contribution >= 0.6 is 11.3 Å². The molecule has 1 heterocycles. The molecule has 0 fully saturated rings. The van der Waals surface area contributed by atoms with E-state index in [2.05, 4.69) is 15.0 Å². The van der Waals surface area contributed by atoms with Crippen molar-refractivity contribution in [1.29, 1.82) is 5.41 Å². The van der Waals surface area contributed by atoms with E-state index in [1.807, 2.05) is 53.9 Å². The molecule has 6 nitrogen and oxygen atoms in total. The summed E-state index contributed by atoms with van der Waals surface area (Å²) in [6.45, 7) is 0.0959. The first kappa shape index (κ1) is 17.6. The summed E-state index contributed by atoms with van der Waals surface area (Å²) in [7, 11) is 1.35. The molecular formula is C19H18N4O2S. The fraction of sp³-hybridized carbons (Fsp3) is 0.105. The third kappa shape index (κ3) is 4.07. The van der Waals surface area contributed by atoms with Crippen molar-refractivity contribution in [3.63, 3.8) is 0 Å². The molecule has 26 heavy (non-hydrogen) atoms. The topological polar surface area (TPSA) is 101 Å². The van der Waals surface area contributed by atoms with Crippen molar-refractivity contribution in [1.82, 2.24) is 4.98 Å². The van der Waals surface area contributed by atoms with Gasteiger partial charge in [0, 0.05) is 16.5 Å². The molecule has 0 radical (unpaired) electrons. The number of nitrogens with one attached hydrogen (secondary N) is 2. The predicted molar refractivity (Wildman–Crippen MR) is 105 cm³/mol. The summed E-state index contributed by atoms with van der Waals surface area (Å²) in [6, 6.07) is 15.6. The number of hydrogen-bond donors (Lipinski definition) is 3. The Balaban J connectivity index is 1.72. The Morgan fingerprint density at radius 2 is 1.69 bits per heavy atom. The van der Waals surface area contributed by atoms with E-state index in [0.717, 1.165) is 22.4 Å². The van der Waals surface area contributed by atoms with Gasteiger partial charge < -0.3 is 15.8 Å². The van der Waals surface area contributed by atoms with Gasteiger partial charge in [-0.3, -0.25) is 10.2 Å². The second kappa shape index (κ2) is 7.79. The highest BCUT2D eigenvalue weighted by Crippen LogP contribution is 2.27. The number of nitrogens with two attached hydrogens (primary N) is 1. The van der Waals surface area contributed by atoms with Crippen molar-refractivity contribution in [3.8, 4) is 22.4 Å². The van der Waals surface area contributed by atoms with Crippen molar-refractivity contribution in [2.75, 3.05) is 19.0 Å². The highest BCUT2D eigenvalue weighted by molar-refractivity contribution is 7.14. The van der Waals surface area contributed by atoms with Crippen LogP contribution in [0, 0.1) is 5.41 Å². The van der Waals surface area contributed by atoms with Gasteiger partial charge in [-0.05, 0) is 11.1 Å². The van der Waals surface area contributed by atoms with Crippen molar-refractivity contribution >= 4 is 28.3 Å². The van der Waals surface area contributed by atoms with Gasteiger partial charge in [0.15, 0.2) is 5.13 Å². The first-order valence-corrected chi connectivity index (χ1v) is 8.76. The third-order valence-electron chi connectivity index (χ3n) is 3.83. The van der Waals surface area contributed by atoms with Crippen LogP contribution in [0.25, 0.3) is 22.4 Å². The Labute approximate surface area is 155 Å². The lowest BCUT2D eigenvalue weighted by atomic mass is 10.0. The molecule has 7 heteroatoms. The molecule has 2 aromatic carbocycles. The van der Waals surface area contributed by atoms with Crippen LogP contribution in [-0.4, -0.2) is 30.4 Å². The maximum atomic E-state index is 11.2. The molecule has 0 unspecified atom stereocenters. The number of benzene rings is 2. The molecule has 0 aliphatic carbocycles. The summed E-state index contributed by atoms with van der Waals surface area (Å²) in [5.41, 5.74) is 10.2. The highest BCUT2D eigenvalue weighted by atomic mass is 32.1. The first-order valence-electron chi connectivity index (χ1n) is 7.88. The number of thiazole rings is 1. The smallest absolute Gasteiger partial charge is 0.325 e. The van der Waals surface area contributed by atoms with E-state index < -0.39 is 0 Å². The average molecular weight is 366 g/mol. The Bertz CT molecular complexity index is 917. The van der Waals surface area contributed by atoms with Crippen LogP contribution in [0.2, 0.25) is 0 Å². The lowest BCUT2D eigenvalue weighted by molar-refractivity contribution is -0.138. The van der Waals surface area contributed by atoms with Gasteiger partial charge in [0.2, 0.25) is 0 Å². The molecule has 0 aliphatic rings. The molecule has 0 amide bonds. The highest BCUT2D eigenvalue weighted by Gasteiger charge is 2.07. The number of nitrogen functional groups attached to an aromatic ring is 1. The largest absolute Gasteiger partial charge is 0.468 e. The SMILES string of the molecule is COC(=O)CNc1nc(-c2ccc(-c3ccc(C(=N)N)cc3)cc2)cs1. The van der Waals surface area contributed by atoms with Gasteiger partial charge >= 0.3 is 5.97 Å². The Morgan fingerprint density at radius 1 is 1.12 bits per heavy atom. The number of nitrogens with zero attached hydrogens (tertiary/aromatic N) is 1. The number of aromatic nitrogens is 1. The van der Waals surface area contributed by atoms with Crippen LogP contribution < -0.4 is 11.1 Å². The molecule has 4 N–H and O–H groups in total. The minimum atomic E-state index is -0.332. The van der Waals surface area contributed by atoms with Crippen molar-refractivity contribution < 1.29 is 9.53 Å². The number of amidine groups is 1. The summed E-state index contributed by atoms with van der Waals surface area (Å²) < 4.78 is 4.60. The fourth-order valence-corrected chi connectivity index (χ4v) is 3.10. The molecule has 0 saturated heterocycles. The molecular weight excluding hydrogens is 348 g/mol. The fourth-order valence-electron chi connectivity index (χ4n) is 2.38. The number of methoxy groups -OCH3 is 1. The summed E-state index contributed by atoms with van der Waals surface area (Å²) in [4.78, 5) is 15.6. The number of carbonyl (C=O) groups excluding carboxylic acids is 1. The monoisotopic (exact) mass is 366 g/mol. The van der Waals surface area contributed by atoms with Gasteiger partial charge in [0.1, 0.15) is 12.4 Å². The standard InChI is InChI=1S/C19H18N4O2S/c1-25-17(24)10-22-19-23-16(11-26-19)14-6-2-12(3-7-14)13-4-8-15(9-5-13)18(20)21/h2-9,11H,10H2,1H3,(H3,20,21)(H,22,23). The van der Waals surface area contributed by atoms with Crippen LogP contribution in [0.4, 0.5) is 5.13 Å². The molecule has 3 aromatic rings. The van der Waals surface area contributed by atoms with Crippen LogP contribution in [-0.2, 0) is 9.53 Å². The Hall–Kier alpha value is -3.19. The van der Waals surface area contributed by atoms with E-state index in [1.165, 1.54) is 18.4 Å². The molecule has 0 aliphatic heterocycles. The Morgan fingerprint density at radius 3 is 2.27 bits per heavy atom.